The molecule has 0 saturated carbocycles. The number of benzene rings is 2. The third-order valence-corrected chi connectivity index (χ3v) is 4.82. The summed E-state index contributed by atoms with van der Waals surface area (Å²) in [6.45, 7) is 0. The van der Waals surface area contributed by atoms with Crippen LogP contribution in [0.15, 0.2) is 34.1 Å². The number of phenols is 1. The smallest absolute Gasteiger partial charge is 0.316 e. The van der Waals surface area contributed by atoms with Gasteiger partial charge in [-0.05, 0) is 23.6 Å². The summed E-state index contributed by atoms with van der Waals surface area (Å²) >= 11 is 0. The van der Waals surface area contributed by atoms with Crippen molar-refractivity contribution >= 4 is 36.7 Å². The topological polar surface area (TPSA) is 194 Å². The van der Waals surface area contributed by atoms with Gasteiger partial charge >= 0.3 is 18.2 Å². The van der Waals surface area contributed by atoms with Gasteiger partial charge in [-0.2, -0.15) is 45.0 Å². The van der Waals surface area contributed by atoms with Crippen LogP contribution < -0.4 is 5.73 Å². The maximum absolute atomic E-state index is 11.7. The summed E-state index contributed by atoms with van der Waals surface area (Å²) in [5.41, 5.74) is 5.39. The van der Waals surface area contributed by atoms with Gasteiger partial charge < -0.3 is 10.8 Å². The first-order valence-corrected chi connectivity index (χ1v) is 9.80. The molecular weight excluding hydrogens is 445 g/mol. The van der Waals surface area contributed by atoms with E-state index in [0.29, 0.717) is 0 Å². The summed E-state index contributed by atoms with van der Waals surface area (Å²) in [7, 11) is -9.14. The number of aromatic nitrogens is 3. The summed E-state index contributed by atoms with van der Waals surface area (Å²) in [5, 5.41) is 9.66. The normalized spacial score (nSPS) is 11.8. The molecule has 11 nitrogen and oxygen atoms in total. The van der Waals surface area contributed by atoms with E-state index in [2.05, 4.69) is 15.0 Å². The minimum atomic E-state index is -4.59. The van der Waals surface area contributed by atoms with Crippen molar-refractivity contribution in [1.82, 2.24) is 15.0 Å². The summed E-state index contributed by atoms with van der Waals surface area (Å²) in [6.07, 6.45) is -4.38. The van der Waals surface area contributed by atoms with Crippen molar-refractivity contribution in [2.45, 2.75) is 9.79 Å². The van der Waals surface area contributed by atoms with Gasteiger partial charge in [0.15, 0.2) is 0 Å². The third kappa shape index (κ3) is 5.47. The Morgan fingerprint density at radius 1 is 0.759 bits per heavy atom. The molecule has 0 aliphatic carbocycles. The molecule has 5 N–H and O–H groups in total. The molecule has 2 aromatic carbocycles. The maximum atomic E-state index is 11.7. The van der Waals surface area contributed by atoms with Crippen LogP contribution in [-0.4, -0.2) is 46.0 Å². The highest BCUT2D eigenvalue weighted by Crippen LogP contribution is 2.34. The van der Waals surface area contributed by atoms with E-state index in [1.807, 2.05) is 0 Å². The number of anilines is 1. The van der Waals surface area contributed by atoms with Crippen LogP contribution in [-0.2, 0) is 20.2 Å². The van der Waals surface area contributed by atoms with E-state index in [4.69, 9.17) is 14.8 Å². The molecule has 29 heavy (non-hydrogen) atoms. The second-order valence-electron chi connectivity index (χ2n) is 5.15. The average Bonchev–Trinajstić information content (AvgIpc) is 2.51. The van der Waals surface area contributed by atoms with Gasteiger partial charge in [-0.25, -0.2) is 0 Å². The highest BCUT2D eigenvalue weighted by molar-refractivity contribution is 7.86. The largest absolute Gasteiger partial charge is 0.507 e. The number of halogens is 3. The predicted octanol–water partition coefficient (Wildman–Crippen LogP) is 0.910. The van der Waals surface area contributed by atoms with E-state index >= 15 is 0 Å². The molecule has 1 aromatic heterocycles. The van der Waals surface area contributed by atoms with Crippen LogP contribution in [0.5, 0.6) is 5.75 Å². The maximum Gasteiger partial charge on any atom is 0.316 e. The molecular formula is C13H9F3N4O7S2. The Labute approximate surface area is 160 Å². The lowest BCUT2D eigenvalue weighted by molar-refractivity contribution is 0.393. The molecule has 0 aliphatic heterocycles. The molecule has 0 bridgehead atoms. The van der Waals surface area contributed by atoms with Gasteiger partial charge in [-0.3, -0.25) is 9.11 Å². The average molecular weight is 454 g/mol. The standard InChI is InChI=1S/C10H9NO7S2.C3F3N3/c11-8-3-6(19(13,14)15)1-5-2-7(20(16,17)18)4-9(12)10(5)8;4-1-7-2(5)9-3(6)8-1/h1-4,12H,11H2,(H,13,14,15)(H,16,17,18);. The number of hydrogen-bond donors (Lipinski definition) is 4. The molecule has 0 atom stereocenters. The lowest BCUT2D eigenvalue weighted by Gasteiger charge is -2.08. The van der Waals surface area contributed by atoms with Gasteiger partial charge in [0, 0.05) is 17.1 Å². The lowest BCUT2D eigenvalue weighted by Crippen LogP contribution is -2.02. The van der Waals surface area contributed by atoms with Crippen molar-refractivity contribution < 1.29 is 44.2 Å². The molecule has 0 fully saturated rings. The van der Waals surface area contributed by atoms with Crippen LogP contribution in [0.2, 0.25) is 0 Å². The van der Waals surface area contributed by atoms with Crippen molar-refractivity contribution in [3.63, 3.8) is 0 Å². The van der Waals surface area contributed by atoms with Crippen molar-refractivity contribution in [3.05, 3.63) is 42.5 Å². The third-order valence-electron chi connectivity index (χ3n) is 3.16. The zero-order valence-corrected chi connectivity index (χ0v) is 15.3. The monoisotopic (exact) mass is 454 g/mol. The second kappa shape index (κ2) is 7.74. The van der Waals surface area contributed by atoms with Crippen molar-refractivity contribution in [2.24, 2.45) is 0 Å². The zero-order valence-electron chi connectivity index (χ0n) is 13.7. The van der Waals surface area contributed by atoms with Crippen LogP contribution in [0.25, 0.3) is 10.8 Å². The predicted molar refractivity (Wildman–Crippen MR) is 89.4 cm³/mol. The van der Waals surface area contributed by atoms with Crippen LogP contribution in [0, 0.1) is 18.2 Å². The number of rotatable bonds is 2. The Balaban J connectivity index is 0.000000278. The molecule has 0 radical (unpaired) electrons. The van der Waals surface area contributed by atoms with Gasteiger partial charge in [0.25, 0.3) is 20.2 Å². The molecule has 1 heterocycles. The molecule has 0 unspecified atom stereocenters. The molecule has 0 spiro atoms. The molecule has 0 aliphatic rings. The van der Waals surface area contributed by atoms with Crippen molar-refractivity contribution in [1.29, 1.82) is 0 Å². The Bertz CT molecular complexity index is 1190. The summed E-state index contributed by atoms with van der Waals surface area (Å²) in [5.74, 6) is -0.547. The van der Waals surface area contributed by atoms with Crippen LogP contribution >= 0.6 is 0 Å². The first-order valence-electron chi connectivity index (χ1n) is 6.92. The Kier molecular flexibility index (Phi) is 5.93. The van der Waals surface area contributed by atoms with E-state index in [9.17, 15) is 35.1 Å². The highest BCUT2D eigenvalue weighted by atomic mass is 32.2. The van der Waals surface area contributed by atoms with Crippen LogP contribution in [0.1, 0.15) is 0 Å². The number of aromatic hydroxyl groups is 1. The van der Waals surface area contributed by atoms with Gasteiger partial charge in [0.1, 0.15) is 5.75 Å². The molecule has 0 saturated heterocycles. The van der Waals surface area contributed by atoms with Crippen molar-refractivity contribution in [3.8, 4) is 5.75 Å². The number of fused-ring (bicyclic) bond motifs is 1. The van der Waals surface area contributed by atoms with E-state index in [0.717, 1.165) is 24.3 Å². The highest BCUT2D eigenvalue weighted by Gasteiger charge is 2.18. The first-order chi connectivity index (χ1) is 13.2. The quantitative estimate of drug-likeness (QED) is 0.317. The van der Waals surface area contributed by atoms with Gasteiger partial charge in [-0.15, -0.1) is 0 Å². The van der Waals surface area contributed by atoms with E-state index in [1.54, 1.807) is 0 Å². The van der Waals surface area contributed by atoms with E-state index in [-0.39, 0.29) is 16.5 Å². The fraction of sp³-hybridized carbons (Fsp3) is 0. The summed E-state index contributed by atoms with van der Waals surface area (Å²) in [4.78, 5) is 6.13. The summed E-state index contributed by atoms with van der Waals surface area (Å²) in [6, 6.07) is 3.55. The van der Waals surface area contributed by atoms with Crippen molar-refractivity contribution in [2.75, 3.05) is 5.73 Å². The first kappa shape index (κ1) is 22.2. The fourth-order valence-electron chi connectivity index (χ4n) is 2.07. The molecule has 156 valence electrons. The van der Waals surface area contributed by atoms with Crippen LogP contribution in [0.4, 0.5) is 18.9 Å². The zero-order chi connectivity index (χ0) is 22.1. The number of nitrogens with zero attached hydrogens (tertiary/aromatic N) is 3. The molecule has 0 amide bonds. The van der Waals surface area contributed by atoms with E-state index < -0.39 is 54.0 Å². The van der Waals surface area contributed by atoms with E-state index in [1.165, 1.54) is 0 Å². The van der Waals surface area contributed by atoms with Crippen LogP contribution in [0.3, 0.4) is 0 Å². The number of nitrogens with two attached hydrogens (primary N) is 1. The Morgan fingerprint density at radius 3 is 1.52 bits per heavy atom. The van der Waals surface area contributed by atoms with Gasteiger partial charge in [0.05, 0.1) is 9.79 Å². The lowest BCUT2D eigenvalue weighted by atomic mass is 10.1. The summed E-state index contributed by atoms with van der Waals surface area (Å²) < 4.78 is 97.2. The number of phenolic OH excluding ortho intramolecular Hbond substituents is 1. The fourth-order valence-corrected chi connectivity index (χ4v) is 3.16. The molecule has 16 heteroatoms. The minimum Gasteiger partial charge on any atom is -0.507 e. The second-order valence-corrected chi connectivity index (χ2v) is 7.99. The Morgan fingerprint density at radius 2 is 1.14 bits per heavy atom. The number of hydrogen-bond acceptors (Lipinski definition) is 9. The number of nitrogen functional groups attached to an aromatic ring is 1. The Hall–Kier alpha value is -3.08. The SMILES string of the molecule is Fc1nc(F)nc(F)n1.Nc1cc(S(=O)(=O)O)cc2cc(S(=O)(=O)O)cc(O)c12. The minimum absolute atomic E-state index is 0.00444. The van der Waals surface area contributed by atoms with Gasteiger partial charge in [0.2, 0.25) is 0 Å². The molecule has 3 rings (SSSR count). The molecule has 3 aromatic rings. The van der Waals surface area contributed by atoms with Gasteiger partial charge in [-0.1, -0.05) is 0 Å².